The third kappa shape index (κ3) is 3.00. The van der Waals surface area contributed by atoms with E-state index in [-0.39, 0.29) is 18.0 Å². The number of hydrogen-bond acceptors (Lipinski definition) is 6. The summed E-state index contributed by atoms with van der Waals surface area (Å²) in [6.07, 6.45) is 1.71. The first-order valence-electron chi connectivity index (χ1n) is 5.59. The highest BCUT2D eigenvalue weighted by Gasteiger charge is 2.23. The Bertz CT molecular complexity index is 674. The molecule has 104 valence electrons. The van der Waals surface area contributed by atoms with Crippen LogP contribution in [0.5, 0.6) is 0 Å². The van der Waals surface area contributed by atoms with Crippen molar-refractivity contribution in [3.05, 3.63) is 27.5 Å². The zero-order chi connectivity index (χ0) is 14.0. The predicted molar refractivity (Wildman–Crippen MR) is 72.1 cm³/mol. The Labute approximate surface area is 115 Å². The first-order chi connectivity index (χ1) is 8.94. The quantitative estimate of drug-likeness (QED) is 0.740. The zero-order valence-electron chi connectivity index (χ0n) is 10.6. The summed E-state index contributed by atoms with van der Waals surface area (Å²) in [5.41, 5.74) is 6.30. The van der Waals surface area contributed by atoms with E-state index in [0.29, 0.717) is 11.4 Å². The molecule has 0 saturated heterocycles. The number of aryl methyl sites for hydroxylation is 2. The van der Waals surface area contributed by atoms with Crippen LogP contribution in [0.15, 0.2) is 11.1 Å². The second-order valence-corrected chi connectivity index (χ2v) is 7.04. The number of hydrogen-bond donors (Lipinski definition) is 3. The van der Waals surface area contributed by atoms with Crippen LogP contribution < -0.4 is 10.5 Å². The van der Waals surface area contributed by atoms with E-state index in [1.165, 1.54) is 11.3 Å². The lowest BCUT2D eigenvalue weighted by molar-refractivity contribution is 0.579. The molecular weight excluding hydrogens is 286 g/mol. The Morgan fingerprint density at radius 2 is 2.21 bits per heavy atom. The smallest absolute Gasteiger partial charge is 0.244 e. The zero-order valence-corrected chi connectivity index (χ0v) is 12.2. The first kappa shape index (κ1) is 14.1. The van der Waals surface area contributed by atoms with Crippen molar-refractivity contribution in [2.24, 2.45) is 5.73 Å². The van der Waals surface area contributed by atoms with Gasteiger partial charge < -0.3 is 5.73 Å². The second-order valence-electron chi connectivity index (χ2n) is 4.02. The number of thiazole rings is 1. The van der Waals surface area contributed by atoms with Gasteiger partial charge in [0.1, 0.15) is 9.90 Å². The molecule has 0 aliphatic rings. The lowest BCUT2D eigenvalue weighted by Gasteiger charge is -2.05. The molecule has 0 amide bonds. The molecule has 2 aromatic heterocycles. The number of aromatic amines is 1. The Balaban J connectivity index is 2.20. The van der Waals surface area contributed by atoms with Crippen molar-refractivity contribution in [3.8, 4) is 0 Å². The normalized spacial score (nSPS) is 11.9. The van der Waals surface area contributed by atoms with Crippen LogP contribution in [-0.2, 0) is 23.1 Å². The largest absolute Gasteiger partial charge is 0.325 e. The van der Waals surface area contributed by atoms with Crippen molar-refractivity contribution in [1.82, 2.24) is 19.9 Å². The Morgan fingerprint density at radius 3 is 2.79 bits per heavy atom. The van der Waals surface area contributed by atoms with Gasteiger partial charge >= 0.3 is 0 Å². The van der Waals surface area contributed by atoms with Crippen molar-refractivity contribution in [1.29, 1.82) is 0 Å². The molecule has 2 heterocycles. The number of H-pyrrole nitrogens is 1. The maximum atomic E-state index is 12.2. The highest BCUT2D eigenvalue weighted by Crippen LogP contribution is 2.18. The van der Waals surface area contributed by atoms with E-state index in [4.69, 9.17) is 5.73 Å². The van der Waals surface area contributed by atoms with Gasteiger partial charge in [0.25, 0.3) is 0 Å². The summed E-state index contributed by atoms with van der Waals surface area (Å²) in [6.45, 7) is 3.79. The van der Waals surface area contributed by atoms with Gasteiger partial charge in [-0.1, -0.05) is 0 Å². The molecule has 0 aliphatic carbocycles. The van der Waals surface area contributed by atoms with Gasteiger partial charge in [-0.15, -0.1) is 11.3 Å². The standard InChI is InChI=1S/C10H15N5O2S2/c1-6-4-12-9(18-6)5-13-19(16,17)10-7(2)14-15-8(10)3-11/h4,13H,3,5,11H2,1-2H3,(H,14,15). The van der Waals surface area contributed by atoms with E-state index in [9.17, 15) is 8.42 Å². The van der Waals surface area contributed by atoms with Gasteiger partial charge in [0, 0.05) is 17.6 Å². The summed E-state index contributed by atoms with van der Waals surface area (Å²) < 4.78 is 27.0. The topological polar surface area (TPSA) is 114 Å². The maximum absolute atomic E-state index is 12.2. The molecule has 0 bridgehead atoms. The summed E-state index contributed by atoms with van der Waals surface area (Å²) in [6, 6.07) is 0. The molecule has 2 rings (SSSR count). The van der Waals surface area contributed by atoms with Gasteiger partial charge in [0.05, 0.1) is 17.9 Å². The highest BCUT2D eigenvalue weighted by atomic mass is 32.2. The summed E-state index contributed by atoms with van der Waals surface area (Å²) in [4.78, 5) is 5.27. The lowest BCUT2D eigenvalue weighted by atomic mass is 10.4. The molecule has 0 fully saturated rings. The molecule has 0 atom stereocenters. The average molecular weight is 301 g/mol. The number of nitrogens with zero attached hydrogens (tertiary/aromatic N) is 2. The van der Waals surface area contributed by atoms with Crippen molar-refractivity contribution >= 4 is 21.4 Å². The molecule has 0 radical (unpaired) electrons. The van der Waals surface area contributed by atoms with Crippen LogP contribution in [0, 0.1) is 13.8 Å². The number of sulfonamides is 1. The van der Waals surface area contributed by atoms with Crippen LogP contribution in [0.3, 0.4) is 0 Å². The molecule has 0 saturated carbocycles. The van der Waals surface area contributed by atoms with Crippen molar-refractivity contribution in [3.63, 3.8) is 0 Å². The number of aromatic nitrogens is 3. The van der Waals surface area contributed by atoms with E-state index in [0.717, 1.165) is 9.88 Å². The number of rotatable bonds is 5. The van der Waals surface area contributed by atoms with E-state index >= 15 is 0 Å². The van der Waals surface area contributed by atoms with Gasteiger partial charge in [-0.25, -0.2) is 18.1 Å². The summed E-state index contributed by atoms with van der Waals surface area (Å²) in [5, 5.41) is 7.23. The van der Waals surface area contributed by atoms with Crippen molar-refractivity contribution in [2.75, 3.05) is 0 Å². The van der Waals surface area contributed by atoms with Crippen LogP contribution in [0.1, 0.15) is 21.3 Å². The van der Waals surface area contributed by atoms with Crippen molar-refractivity contribution < 1.29 is 8.42 Å². The molecule has 19 heavy (non-hydrogen) atoms. The van der Waals surface area contributed by atoms with Crippen LogP contribution in [0.4, 0.5) is 0 Å². The Hall–Kier alpha value is -1.29. The summed E-state index contributed by atoms with van der Waals surface area (Å²) in [5.74, 6) is 0. The minimum absolute atomic E-state index is 0.0664. The van der Waals surface area contributed by atoms with E-state index in [1.807, 2.05) is 6.92 Å². The molecule has 0 aromatic carbocycles. The third-order valence-electron chi connectivity index (χ3n) is 2.51. The van der Waals surface area contributed by atoms with E-state index in [2.05, 4.69) is 19.9 Å². The molecule has 7 nitrogen and oxygen atoms in total. The fourth-order valence-electron chi connectivity index (χ4n) is 1.68. The van der Waals surface area contributed by atoms with E-state index < -0.39 is 10.0 Å². The average Bonchev–Trinajstić information content (AvgIpc) is 2.93. The van der Waals surface area contributed by atoms with Crippen LogP contribution in [-0.4, -0.2) is 23.6 Å². The minimum atomic E-state index is -3.64. The van der Waals surface area contributed by atoms with Crippen LogP contribution in [0.2, 0.25) is 0 Å². The molecule has 2 aromatic rings. The van der Waals surface area contributed by atoms with Gasteiger partial charge in [-0.05, 0) is 13.8 Å². The monoisotopic (exact) mass is 301 g/mol. The fourth-order valence-corrected chi connectivity index (χ4v) is 3.85. The van der Waals surface area contributed by atoms with Gasteiger partial charge in [0.2, 0.25) is 10.0 Å². The molecular formula is C10H15N5O2S2. The minimum Gasteiger partial charge on any atom is -0.325 e. The van der Waals surface area contributed by atoms with Gasteiger partial charge in [0.15, 0.2) is 0 Å². The van der Waals surface area contributed by atoms with Crippen molar-refractivity contribution in [2.45, 2.75) is 31.8 Å². The SMILES string of the molecule is Cc1cnc(CNS(=O)(=O)c2c(CN)n[nH]c2C)s1. The number of nitrogens with two attached hydrogens (primary N) is 1. The molecule has 0 aliphatic heterocycles. The first-order valence-corrected chi connectivity index (χ1v) is 7.89. The van der Waals surface area contributed by atoms with Crippen LogP contribution in [0.25, 0.3) is 0 Å². The van der Waals surface area contributed by atoms with Crippen LogP contribution >= 0.6 is 11.3 Å². The fraction of sp³-hybridized carbons (Fsp3) is 0.400. The van der Waals surface area contributed by atoms with Gasteiger partial charge in [-0.2, -0.15) is 5.10 Å². The maximum Gasteiger partial charge on any atom is 0.244 e. The van der Waals surface area contributed by atoms with Gasteiger partial charge in [-0.3, -0.25) is 5.10 Å². The lowest BCUT2D eigenvalue weighted by Crippen LogP contribution is -2.25. The van der Waals surface area contributed by atoms with E-state index in [1.54, 1.807) is 13.1 Å². The third-order valence-corrected chi connectivity index (χ3v) is 5.02. The molecule has 4 N–H and O–H groups in total. The second kappa shape index (κ2) is 5.37. The molecule has 0 spiro atoms. The Kier molecular flexibility index (Phi) is 3.99. The Morgan fingerprint density at radius 1 is 1.47 bits per heavy atom. The number of nitrogens with one attached hydrogen (secondary N) is 2. The predicted octanol–water partition coefficient (Wildman–Crippen LogP) is 0.420. The summed E-state index contributed by atoms with van der Waals surface area (Å²) >= 11 is 1.45. The highest BCUT2D eigenvalue weighted by molar-refractivity contribution is 7.89. The molecule has 0 unspecified atom stereocenters. The molecule has 9 heteroatoms. The summed E-state index contributed by atoms with van der Waals surface area (Å²) in [7, 11) is -3.64.